The van der Waals surface area contributed by atoms with Crippen molar-refractivity contribution in [2.75, 3.05) is 13.6 Å². The van der Waals surface area contributed by atoms with Crippen LogP contribution in [0, 0.1) is 0 Å². The molecule has 6 nitrogen and oxygen atoms in total. The predicted molar refractivity (Wildman–Crippen MR) is 99.5 cm³/mol. The smallest absolute Gasteiger partial charge is 0.336 e. The second-order valence-electron chi connectivity index (χ2n) is 7.14. The van der Waals surface area contributed by atoms with E-state index < -0.39 is 18.8 Å². The average Bonchev–Trinajstić information content (AvgIpc) is 3.09. The topological polar surface area (TPSA) is 58.4 Å². The van der Waals surface area contributed by atoms with Gasteiger partial charge in [0.1, 0.15) is 18.4 Å². The van der Waals surface area contributed by atoms with E-state index in [0.717, 1.165) is 17.4 Å². The number of hydrogen-bond donors (Lipinski definition) is 0. The molecule has 1 unspecified atom stereocenters. The van der Waals surface area contributed by atoms with Crippen LogP contribution in [0.5, 0.6) is 0 Å². The molecule has 1 atom stereocenters. The molecule has 1 aliphatic rings. The van der Waals surface area contributed by atoms with E-state index in [0.29, 0.717) is 18.5 Å². The molecule has 1 saturated heterocycles. The monoisotopic (exact) mass is 408 g/mol. The maximum Gasteiger partial charge on any atom is 0.406 e. The van der Waals surface area contributed by atoms with Gasteiger partial charge in [-0.1, -0.05) is 30.3 Å². The van der Waals surface area contributed by atoms with Gasteiger partial charge in [0.15, 0.2) is 0 Å². The number of piperidine rings is 1. The minimum atomic E-state index is -4.38. The molecular formula is C20H23F3N4O2. The van der Waals surface area contributed by atoms with Gasteiger partial charge in [-0.2, -0.15) is 13.2 Å². The van der Waals surface area contributed by atoms with Crippen LogP contribution < -0.4 is 0 Å². The van der Waals surface area contributed by atoms with Gasteiger partial charge in [-0.25, -0.2) is 4.98 Å². The molecule has 0 radical (unpaired) electrons. The lowest BCUT2D eigenvalue weighted by Crippen LogP contribution is -2.46. The Labute approximate surface area is 166 Å². The zero-order valence-electron chi connectivity index (χ0n) is 16.1. The lowest BCUT2D eigenvalue weighted by Gasteiger charge is -2.36. The number of amides is 2. The van der Waals surface area contributed by atoms with E-state index in [1.54, 1.807) is 29.2 Å². The Morgan fingerprint density at radius 2 is 1.97 bits per heavy atom. The van der Waals surface area contributed by atoms with Gasteiger partial charge in [-0.05, 0) is 18.4 Å². The van der Waals surface area contributed by atoms with Gasteiger partial charge in [0.05, 0.1) is 6.54 Å². The summed E-state index contributed by atoms with van der Waals surface area (Å²) in [6.45, 7) is -0.787. The SMILES string of the molecule is CN(Cc1nccn1CC(F)(F)F)C(=O)C(c1ccccc1)N1CCCCC1=O. The van der Waals surface area contributed by atoms with Gasteiger partial charge in [-0.15, -0.1) is 0 Å². The molecule has 156 valence electrons. The maximum absolute atomic E-state index is 13.3. The van der Waals surface area contributed by atoms with Crippen LogP contribution >= 0.6 is 0 Å². The summed E-state index contributed by atoms with van der Waals surface area (Å²) in [6, 6.07) is 8.16. The fourth-order valence-electron chi connectivity index (χ4n) is 3.52. The van der Waals surface area contributed by atoms with Crippen LogP contribution in [0.2, 0.25) is 0 Å². The number of hydrogen-bond acceptors (Lipinski definition) is 3. The highest BCUT2D eigenvalue weighted by Gasteiger charge is 2.35. The summed E-state index contributed by atoms with van der Waals surface area (Å²) in [6.07, 6.45) is 0.116. The van der Waals surface area contributed by atoms with E-state index in [9.17, 15) is 22.8 Å². The van der Waals surface area contributed by atoms with Gasteiger partial charge >= 0.3 is 6.18 Å². The Kier molecular flexibility index (Phi) is 6.24. The summed E-state index contributed by atoms with van der Waals surface area (Å²) < 4.78 is 39.3. The molecule has 29 heavy (non-hydrogen) atoms. The average molecular weight is 408 g/mol. The fourth-order valence-corrected chi connectivity index (χ4v) is 3.52. The zero-order valence-corrected chi connectivity index (χ0v) is 16.1. The number of carbonyl (C=O) groups excluding carboxylic acids is 2. The third-order valence-electron chi connectivity index (χ3n) is 4.93. The number of benzene rings is 1. The molecule has 1 aromatic heterocycles. The number of likely N-dealkylation sites (N-methyl/N-ethyl adjacent to an activating group) is 1. The van der Waals surface area contributed by atoms with E-state index in [-0.39, 0.29) is 24.2 Å². The van der Waals surface area contributed by atoms with Crippen LogP contribution in [0.15, 0.2) is 42.7 Å². The van der Waals surface area contributed by atoms with Gasteiger partial charge in [0, 0.05) is 32.4 Å². The van der Waals surface area contributed by atoms with Gasteiger partial charge in [-0.3, -0.25) is 9.59 Å². The van der Waals surface area contributed by atoms with Crippen LogP contribution in [0.1, 0.15) is 36.7 Å². The van der Waals surface area contributed by atoms with Crippen molar-refractivity contribution in [2.45, 2.75) is 44.6 Å². The molecule has 3 rings (SSSR count). The van der Waals surface area contributed by atoms with Crippen molar-refractivity contribution in [1.29, 1.82) is 0 Å². The number of imidazole rings is 1. The van der Waals surface area contributed by atoms with E-state index in [1.165, 1.54) is 24.3 Å². The molecule has 0 aliphatic carbocycles. The molecule has 1 fully saturated rings. The minimum Gasteiger partial charge on any atom is -0.336 e. The summed E-state index contributed by atoms with van der Waals surface area (Å²) in [4.78, 5) is 32.6. The summed E-state index contributed by atoms with van der Waals surface area (Å²) in [7, 11) is 1.51. The Morgan fingerprint density at radius 1 is 1.24 bits per heavy atom. The van der Waals surface area contributed by atoms with Crippen LogP contribution in [0.4, 0.5) is 13.2 Å². The van der Waals surface area contributed by atoms with Crippen LogP contribution in [-0.2, 0) is 22.7 Å². The molecule has 0 spiro atoms. The molecule has 2 heterocycles. The van der Waals surface area contributed by atoms with Gasteiger partial charge in [0.25, 0.3) is 0 Å². The first-order valence-electron chi connectivity index (χ1n) is 9.42. The van der Waals surface area contributed by atoms with Crippen LogP contribution in [0.25, 0.3) is 0 Å². The van der Waals surface area contributed by atoms with Crippen LogP contribution in [0.3, 0.4) is 0 Å². The Morgan fingerprint density at radius 3 is 2.62 bits per heavy atom. The van der Waals surface area contributed by atoms with Crippen molar-refractivity contribution in [3.63, 3.8) is 0 Å². The molecule has 0 N–H and O–H groups in total. The number of aromatic nitrogens is 2. The molecule has 2 aromatic rings. The van der Waals surface area contributed by atoms with Crippen molar-refractivity contribution < 1.29 is 22.8 Å². The lowest BCUT2D eigenvalue weighted by molar-refractivity contribution is -0.147. The second-order valence-corrected chi connectivity index (χ2v) is 7.14. The molecule has 2 amide bonds. The lowest BCUT2D eigenvalue weighted by atomic mass is 10.00. The molecular weight excluding hydrogens is 385 g/mol. The number of halogens is 3. The predicted octanol–water partition coefficient (Wildman–Crippen LogP) is 3.16. The Hall–Kier alpha value is -2.84. The number of rotatable bonds is 6. The van der Waals surface area contributed by atoms with E-state index in [4.69, 9.17) is 0 Å². The minimum absolute atomic E-state index is 0.0900. The largest absolute Gasteiger partial charge is 0.406 e. The maximum atomic E-state index is 13.3. The standard InChI is InChI=1S/C20H23F3N4O2/c1-25(13-16-24-10-12-26(16)14-20(21,22)23)19(29)18(15-7-3-2-4-8-15)27-11-6-5-9-17(27)28/h2-4,7-8,10,12,18H,5-6,9,11,13-14H2,1H3. The van der Waals surface area contributed by atoms with Gasteiger partial charge < -0.3 is 14.4 Å². The van der Waals surface area contributed by atoms with Crippen molar-refractivity contribution >= 4 is 11.8 Å². The van der Waals surface area contributed by atoms with Crippen molar-refractivity contribution in [3.8, 4) is 0 Å². The first-order chi connectivity index (χ1) is 13.8. The molecule has 0 saturated carbocycles. The molecule has 9 heteroatoms. The normalized spacial score (nSPS) is 16.0. The number of nitrogens with zero attached hydrogens (tertiary/aromatic N) is 4. The highest BCUT2D eigenvalue weighted by molar-refractivity contribution is 5.89. The van der Waals surface area contributed by atoms with Gasteiger partial charge in [0.2, 0.25) is 11.8 Å². The number of carbonyl (C=O) groups is 2. The first kappa shape index (κ1) is 20.9. The summed E-state index contributed by atoms with van der Waals surface area (Å²) in [5.74, 6) is -0.312. The molecule has 1 aromatic carbocycles. The quantitative estimate of drug-likeness (QED) is 0.738. The third-order valence-corrected chi connectivity index (χ3v) is 4.93. The summed E-state index contributed by atoms with van der Waals surface area (Å²) in [5, 5.41) is 0. The Balaban J connectivity index is 1.83. The number of likely N-dealkylation sites (tertiary alicyclic amines) is 1. The summed E-state index contributed by atoms with van der Waals surface area (Å²) in [5.41, 5.74) is 0.679. The highest BCUT2D eigenvalue weighted by atomic mass is 19.4. The Bertz CT molecular complexity index is 851. The molecule has 0 bridgehead atoms. The fraction of sp³-hybridized carbons (Fsp3) is 0.450. The van der Waals surface area contributed by atoms with E-state index >= 15 is 0 Å². The highest BCUT2D eigenvalue weighted by Crippen LogP contribution is 2.28. The first-order valence-corrected chi connectivity index (χ1v) is 9.42. The van der Waals surface area contributed by atoms with Crippen molar-refractivity contribution in [3.05, 3.63) is 54.1 Å². The van der Waals surface area contributed by atoms with Crippen molar-refractivity contribution in [1.82, 2.24) is 19.4 Å². The second kappa shape index (κ2) is 8.67. The van der Waals surface area contributed by atoms with Crippen molar-refractivity contribution in [2.24, 2.45) is 0 Å². The summed E-state index contributed by atoms with van der Waals surface area (Å²) >= 11 is 0. The van der Waals surface area contributed by atoms with E-state index in [2.05, 4.69) is 4.98 Å². The number of alkyl halides is 3. The third kappa shape index (κ3) is 5.16. The zero-order chi connectivity index (χ0) is 21.0. The molecule has 1 aliphatic heterocycles. The van der Waals surface area contributed by atoms with E-state index in [1.807, 2.05) is 6.07 Å². The van der Waals surface area contributed by atoms with Crippen LogP contribution in [-0.4, -0.2) is 50.9 Å².